The standard InChI is InChI=1S/C29H28ClN3O3/c1-29(2,3)20-11-8-17(9-12-20)19-14-24-27(26(34)16-19)28(32-23-7-5-4-6-22(23)31-24)18-10-13-21(30)25(15-18)33(35)36/h4-13,15,19,28,31-32H,14,16H2,1-3H3. The van der Waals surface area contributed by atoms with Gasteiger partial charge in [-0.2, -0.15) is 0 Å². The minimum atomic E-state index is -0.538. The van der Waals surface area contributed by atoms with Gasteiger partial charge in [0.05, 0.1) is 22.3 Å². The monoisotopic (exact) mass is 501 g/mol. The van der Waals surface area contributed by atoms with Crippen LogP contribution in [0.25, 0.3) is 0 Å². The van der Waals surface area contributed by atoms with Crippen LogP contribution in [0.15, 0.2) is 78.0 Å². The number of ketones is 1. The van der Waals surface area contributed by atoms with E-state index in [1.165, 1.54) is 17.7 Å². The molecule has 1 aliphatic heterocycles. The fourth-order valence-electron chi connectivity index (χ4n) is 5.08. The van der Waals surface area contributed by atoms with Gasteiger partial charge in [0.1, 0.15) is 5.02 Å². The Morgan fingerprint density at radius 1 is 0.944 bits per heavy atom. The maximum atomic E-state index is 13.7. The van der Waals surface area contributed by atoms with E-state index in [2.05, 4.69) is 55.7 Å². The highest BCUT2D eigenvalue weighted by atomic mass is 35.5. The van der Waals surface area contributed by atoms with Gasteiger partial charge in [-0.15, -0.1) is 0 Å². The zero-order chi connectivity index (χ0) is 25.6. The van der Waals surface area contributed by atoms with Crippen molar-refractivity contribution in [3.8, 4) is 0 Å². The summed E-state index contributed by atoms with van der Waals surface area (Å²) in [6, 6.07) is 20.5. The smallest absolute Gasteiger partial charge is 0.288 e. The van der Waals surface area contributed by atoms with Crippen molar-refractivity contribution in [1.29, 1.82) is 0 Å². The molecule has 0 saturated carbocycles. The Balaban J connectivity index is 1.58. The molecule has 0 spiro atoms. The van der Waals surface area contributed by atoms with Gasteiger partial charge in [-0.05, 0) is 52.6 Å². The maximum Gasteiger partial charge on any atom is 0.288 e. The molecule has 3 aromatic carbocycles. The summed E-state index contributed by atoms with van der Waals surface area (Å²) in [5.41, 5.74) is 6.05. The van der Waals surface area contributed by atoms with E-state index in [0.29, 0.717) is 24.0 Å². The van der Waals surface area contributed by atoms with Gasteiger partial charge in [-0.1, -0.05) is 74.8 Å². The second-order valence-corrected chi connectivity index (χ2v) is 10.9. The first-order valence-corrected chi connectivity index (χ1v) is 12.4. The second kappa shape index (κ2) is 9.10. The van der Waals surface area contributed by atoms with Crippen molar-refractivity contribution in [1.82, 2.24) is 0 Å². The van der Waals surface area contributed by atoms with Crippen LogP contribution in [0, 0.1) is 10.1 Å². The molecule has 0 bridgehead atoms. The zero-order valence-electron chi connectivity index (χ0n) is 20.5. The van der Waals surface area contributed by atoms with E-state index in [9.17, 15) is 14.9 Å². The quantitative estimate of drug-likeness (QED) is 0.286. The van der Waals surface area contributed by atoms with E-state index in [0.717, 1.165) is 22.6 Å². The summed E-state index contributed by atoms with van der Waals surface area (Å²) >= 11 is 6.08. The molecule has 1 aliphatic carbocycles. The predicted molar refractivity (Wildman–Crippen MR) is 144 cm³/mol. The first kappa shape index (κ1) is 24.1. The number of nitro benzene ring substituents is 1. The Bertz CT molecular complexity index is 1390. The minimum Gasteiger partial charge on any atom is -0.372 e. The number of hydrogen-bond donors (Lipinski definition) is 2. The summed E-state index contributed by atoms with van der Waals surface area (Å²) in [5.74, 6) is 0.0693. The first-order chi connectivity index (χ1) is 17.1. The molecule has 2 aliphatic rings. The van der Waals surface area contributed by atoms with Crippen LogP contribution in [0.1, 0.15) is 62.3 Å². The summed E-state index contributed by atoms with van der Waals surface area (Å²) in [6.45, 7) is 6.55. The van der Waals surface area contributed by atoms with Crippen LogP contribution >= 0.6 is 11.6 Å². The molecule has 3 aromatic rings. The number of anilines is 2. The Morgan fingerprint density at radius 2 is 1.61 bits per heavy atom. The van der Waals surface area contributed by atoms with Gasteiger partial charge in [0.15, 0.2) is 5.78 Å². The molecule has 36 heavy (non-hydrogen) atoms. The third-order valence-corrected chi connectivity index (χ3v) is 7.38. The van der Waals surface area contributed by atoms with Crippen LogP contribution in [0.4, 0.5) is 17.1 Å². The number of para-hydroxylation sites is 2. The lowest BCUT2D eigenvalue weighted by atomic mass is 9.77. The lowest BCUT2D eigenvalue weighted by Gasteiger charge is -2.30. The predicted octanol–water partition coefficient (Wildman–Crippen LogP) is 7.53. The third-order valence-electron chi connectivity index (χ3n) is 7.06. The zero-order valence-corrected chi connectivity index (χ0v) is 21.2. The van der Waals surface area contributed by atoms with Crippen LogP contribution < -0.4 is 10.6 Å². The van der Waals surface area contributed by atoms with Gasteiger partial charge in [0.2, 0.25) is 0 Å². The van der Waals surface area contributed by atoms with Gasteiger partial charge in [0, 0.05) is 23.8 Å². The molecule has 0 fully saturated rings. The van der Waals surface area contributed by atoms with Crippen molar-refractivity contribution in [2.75, 3.05) is 10.6 Å². The molecule has 2 N–H and O–H groups in total. The topological polar surface area (TPSA) is 84.3 Å². The molecular formula is C29H28ClN3O3. The maximum absolute atomic E-state index is 13.7. The summed E-state index contributed by atoms with van der Waals surface area (Å²) in [7, 11) is 0. The molecule has 1 heterocycles. The molecule has 0 radical (unpaired) electrons. The number of benzene rings is 3. The van der Waals surface area contributed by atoms with E-state index in [1.54, 1.807) is 6.07 Å². The highest BCUT2D eigenvalue weighted by Gasteiger charge is 2.36. The van der Waals surface area contributed by atoms with Crippen LogP contribution in [0.2, 0.25) is 5.02 Å². The third kappa shape index (κ3) is 4.49. The number of fused-ring (bicyclic) bond motifs is 1. The highest BCUT2D eigenvalue weighted by molar-refractivity contribution is 6.32. The Labute approximate surface area is 215 Å². The normalized spacial score (nSPS) is 19.5. The average molecular weight is 502 g/mol. The van der Waals surface area contributed by atoms with Crippen molar-refractivity contribution in [2.45, 2.75) is 51.0 Å². The number of carbonyl (C=O) groups excluding carboxylic acids is 1. The van der Waals surface area contributed by atoms with Crippen molar-refractivity contribution in [3.05, 3.63) is 110 Å². The number of rotatable bonds is 3. The molecule has 2 unspecified atom stereocenters. The molecule has 7 heteroatoms. The number of carbonyl (C=O) groups is 1. The first-order valence-electron chi connectivity index (χ1n) is 12.0. The highest BCUT2D eigenvalue weighted by Crippen LogP contribution is 2.45. The summed E-state index contributed by atoms with van der Waals surface area (Å²) in [6.07, 6.45) is 1.04. The summed E-state index contributed by atoms with van der Waals surface area (Å²) in [5, 5.41) is 18.6. The number of nitrogens with one attached hydrogen (secondary N) is 2. The van der Waals surface area contributed by atoms with Gasteiger partial charge in [0.25, 0.3) is 5.69 Å². The van der Waals surface area contributed by atoms with Gasteiger partial charge in [-0.25, -0.2) is 0 Å². The Kier molecular flexibility index (Phi) is 6.08. The van der Waals surface area contributed by atoms with E-state index in [-0.39, 0.29) is 27.8 Å². The van der Waals surface area contributed by atoms with Crippen LogP contribution in [-0.2, 0) is 10.2 Å². The number of hydrogen-bond acceptors (Lipinski definition) is 5. The molecule has 0 aromatic heterocycles. The summed E-state index contributed by atoms with van der Waals surface area (Å²) in [4.78, 5) is 24.8. The van der Waals surface area contributed by atoms with Crippen LogP contribution in [0.3, 0.4) is 0 Å². The Morgan fingerprint density at radius 3 is 2.28 bits per heavy atom. The Hall–Kier alpha value is -3.64. The average Bonchev–Trinajstić information content (AvgIpc) is 3.00. The molecule has 6 nitrogen and oxygen atoms in total. The second-order valence-electron chi connectivity index (χ2n) is 10.5. The van der Waals surface area contributed by atoms with Gasteiger partial charge in [-0.3, -0.25) is 14.9 Å². The fraction of sp³-hybridized carbons (Fsp3) is 0.276. The molecule has 184 valence electrons. The van der Waals surface area contributed by atoms with Crippen molar-refractivity contribution in [2.24, 2.45) is 0 Å². The van der Waals surface area contributed by atoms with E-state index >= 15 is 0 Å². The molecule has 0 saturated heterocycles. The largest absolute Gasteiger partial charge is 0.372 e. The molecular weight excluding hydrogens is 474 g/mol. The molecule has 2 atom stereocenters. The molecule has 5 rings (SSSR count). The number of Topliss-reactive ketones (excluding diaryl/α,β-unsaturated/α-hetero) is 1. The SMILES string of the molecule is CC(C)(C)c1ccc(C2CC(=O)C3=C(C2)Nc2ccccc2NC3c2ccc(Cl)c([N+](=O)[O-])c2)cc1. The van der Waals surface area contributed by atoms with Crippen molar-refractivity contribution < 1.29 is 9.72 Å². The fourth-order valence-corrected chi connectivity index (χ4v) is 5.27. The number of halogens is 1. The van der Waals surface area contributed by atoms with E-state index < -0.39 is 11.0 Å². The van der Waals surface area contributed by atoms with Crippen LogP contribution in [0.5, 0.6) is 0 Å². The number of nitrogens with zero attached hydrogens (tertiary/aromatic N) is 1. The number of allylic oxidation sites excluding steroid dienone is 1. The van der Waals surface area contributed by atoms with E-state index in [1.807, 2.05) is 24.3 Å². The summed E-state index contributed by atoms with van der Waals surface area (Å²) < 4.78 is 0. The van der Waals surface area contributed by atoms with Crippen LogP contribution in [-0.4, -0.2) is 10.7 Å². The lowest BCUT2D eigenvalue weighted by molar-refractivity contribution is -0.384. The lowest BCUT2D eigenvalue weighted by Crippen LogP contribution is -2.27. The number of nitro groups is 1. The minimum absolute atomic E-state index is 0.0246. The van der Waals surface area contributed by atoms with E-state index in [4.69, 9.17) is 11.6 Å². The van der Waals surface area contributed by atoms with Gasteiger partial charge < -0.3 is 10.6 Å². The van der Waals surface area contributed by atoms with Gasteiger partial charge >= 0.3 is 0 Å². The molecule has 0 amide bonds. The van der Waals surface area contributed by atoms with Crippen molar-refractivity contribution >= 4 is 34.4 Å². The van der Waals surface area contributed by atoms with Crippen molar-refractivity contribution in [3.63, 3.8) is 0 Å².